The van der Waals surface area contributed by atoms with Gasteiger partial charge in [0.15, 0.2) is 21.3 Å². The Bertz CT molecular complexity index is 2230. The van der Waals surface area contributed by atoms with Gasteiger partial charge in [0.1, 0.15) is 22.0 Å². The summed E-state index contributed by atoms with van der Waals surface area (Å²) in [6.07, 6.45) is 0. The average Bonchev–Trinajstić information content (AvgIpc) is 3.00. The molecule has 0 bridgehead atoms. The van der Waals surface area contributed by atoms with Crippen molar-refractivity contribution in [2.45, 2.75) is 23.6 Å². The van der Waals surface area contributed by atoms with Gasteiger partial charge in [-0.1, -0.05) is 25.1 Å². The molecule has 0 spiro atoms. The van der Waals surface area contributed by atoms with Gasteiger partial charge in [0.05, 0.1) is 22.0 Å². The van der Waals surface area contributed by atoms with E-state index < -0.39 is 30.6 Å². The first-order chi connectivity index (χ1) is 20.9. The van der Waals surface area contributed by atoms with Crippen molar-refractivity contribution in [2.75, 3.05) is 18.1 Å². The van der Waals surface area contributed by atoms with E-state index in [9.17, 15) is 31.6 Å². The van der Waals surface area contributed by atoms with Gasteiger partial charge in [-0.15, -0.1) is 15.3 Å². The number of nitrogens with one attached hydrogen (secondary N) is 1. The molecule has 0 unspecified atom stereocenters. The second-order valence-electron chi connectivity index (χ2n) is 9.75. The van der Waals surface area contributed by atoms with Gasteiger partial charge in [-0.3, -0.25) is 4.55 Å². The Hall–Kier alpha value is -4.92. The highest BCUT2D eigenvalue weighted by Crippen LogP contribution is 2.44. The van der Waals surface area contributed by atoms with E-state index in [1.54, 1.807) is 57.3 Å². The van der Waals surface area contributed by atoms with Gasteiger partial charge >= 0.3 is 0 Å². The molecule has 14 heteroatoms. The number of anilines is 1. The summed E-state index contributed by atoms with van der Waals surface area (Å²) in [6, 6.07) is 18.3. The maximum Gasteiger partial charge on any atom is 0.295 e. The number of aryl methyl sites for hydroxylation is 1. The van der Waals surface area contributed by atoms with E-state index >= 15 is 0 Å². The molecule has 0 amide bonds. The number of sulfone groups is 1. The molecule has 0 aliphatic rings. The standard InChI is InChI=1S/C30H27N5O7S2/c1-4-43(38,39)19-9-13-22(17(2)16-19)32-35-28-20-10-15-24(29(36)21(20)11-14-23(28)31-3)33-34-25-12-8-18-6-5-7-26(44(40,41)42)27(18)30(25)37/h5-16,31,36-37H,4H2,1-3H3,(H,40,41,42). The van der Waals surface area contributed by atoms with Crippen molar-refractivity contribution < 1.29 is 31.6 Å². The SMILES string of the molecule is CCS(=O)(=O)c1ccc(N=Nc2c(NC)ccc3c(O)c(N=Nc4ccc5cccc(S(=O)(=O)O)c5c4O)ccc23)c(C)c1. The molecule has 0 radical (unpaired) electrons. The smallest absolute Gasteiger partial charge is 0.295 e. The quantitative estimate of drug-likeness (QED) is 0.0990. The molecular formula is C30H27N5O7S2. The van der Waals surface area contributed by atoms with E-state index in [0.29, 0.717) is 38.8 Å². The summed E-state index contributed by atoms with van der Waals surface area (Å²) in [5, 5.41) is 43.0. The molecule has 0 aliphatic carbocycles. The number of phenolic OH excluding ortho intramolecular Hbond substituents is 2. The number of rotatable bonds is 8. The van der Waals surface area contributed by atoms with Crippen molar-refractivity contribution in [3.05, 3.63) is 78.4 Å². The highest BCUT2D eigenvalue weighted by molar-refractivity contribution is 7.91. The molecule has 0 aliphatic heterocycles. The molecule has 226 valence electrons. The predicted molar refractivity (Wildman–Crippen MR) is 168 cm³/mol. The Balaban J connectivity index is 1.54. The first-order valence-corrected chi connectivity index (χ1v) is 16.3. The van der Waals surface area contributed by atoms with E-state index in [2.05, 4.69) is 25.8 Å². The van der Waals surface area contributed by atoms with E-state index in [1.807, 2.05) is 0 Å². The van der Waals surface area contributed by atoms with Crippen LogP contribution >= 0.6 is 0 Å². The lowest BCUT2D eigenvalue weighted by Gasteiger charge is -2.11. The van der Waals surface area contributed by atoms with E-state index in [4.69, 9.17) is 0 Å². The topological polar surface area (TPSA) is 190 Å². The molecule has 0 saturated heterocycles. The summed E-state index contributed by atoms with van der Waals surface area (Å²) in [5.74, 6) is -0.746. The fourth-order valence-corrected chi connectivity index (χ4v) is 6.36. The lowest BCUT2D eigenvalue weighted by atomic mass is 10.1. The van der Waals surface area contributed by atoms with Gasteiger partial charge < -0.3 is 15.5 Å². The summed E-state index contributed by atoms with van der Waals surface area (Å²) >= 11 is 0. The van der Waals surface area contributed by atoms with Gasteiger partial charge in [-0.2, -0.15) is 13.5 Å². The predicted octanol–water partition coefficient (Wildman–Crippen LogP) is 7.63. The summed E-state index contributed by atoms with van der Waals surface area (Å²) in [6.45, 7) is 3.32. The van der Waals surface area contributed by atoms with Crippen LogP contribution in [0.1, 0.15) is 12.5 Å². The Labute approximate surface area is 253 Å². The maximum absolute atomic E-state index is 12.2. The van der Waals surface area contributed by atoms with Crippen LogP contribution in [0.4, 0.5) is 28.4 Å². The van der Waals surface area contributed by atoms with Crippen molar-refractivity contribution in [2.24, 2.45) is 20.5 Å². The van der Waals surface area contributed by atoms with E-state index in [1.165, 1.54) is 30.3 Å². The maximum atomic E-state index is 12.2. The molecule has 5 aromatic carbocycles. The highest BCUT2D eigenvalue weighted by Gasteiger charge is 2.19. The first-order valence-electron chi connectivity index (χ1n) is 13.2. The summed E-state index contributed by atoms with van der Waals surface area (Å²) in [7, 11) is -6.29. The number of hydrogen-bond donors (Lipinski definition) is 4. The monoisotopic (exact) mass is 633 g/mol. The van der Waals surface area contributed by atoms with E-state index in [-0.39, 0.29) is 33.2 Å². The van der Waals surface area contributed by atoms with Crippen molar-refractivity contribution in [3.8, 4) is 11.5 Å². The van der Waals surface area contributed by atoms with Crippen LogP contribution in [0.5, 0.6) is 11.5 Å². The molecular weight excluding hydrogens is 606 g/mol. The Morgan fingerprint density at radius 2 is 1.39 bits per heavy atom. The molecule has 5 rings (SSSR count). The van der Waals surface area contributed by atoms with Crippen LogP contribution in [0.2, 0.25) is 0 Å². The lowest BCUT2D eigenvalue weighted by Crippen LogP contribution is -2.03. The second-order valence-corrected chi connectivity index (χ2v) is 13.4. The van der Waals surface area contributed by atoms with Crippen LogP contribution in [-0.2, 0) is 20.0 Å². The number of hydrogen-bond acceptors (Lipinski definition) is 11. The van der Waals surface area contributed by atoms with Gasteiger partial charge in [-0.05, 0) is 72.5 Å². The summed E-state index contributed by atoms with van der Waals surface area (Å²) < 4.78 is 57.8. The van der Waals surface area contributed by atoms with Crippen molar-refractivity contribution in [1.29, 1.82) is 0 Å². The summed E-state index contributed by atoms with van der Waals surface area (Å²) in [4.78, 5) is -0.266. The van der Waals surface area contributed by atoms with Crippen LogP contribution < -0.4 is 5.32 Å². The molecule has 0 heterocycles. The number of azo groups is 2. The first kappa shape index (κ1) is 30.5. The Morgan fingerprint density at radius 3 is 2.05 bits per heavy atom. The lowest BCUT2D eigenvalue weighted by molar-refractivity contribution is 0.474. The van der Waals surface area contributed by atoms with Crippen molar-refractivity contribution in [1.82, 2.24) is 0 Å². The number of aromatic hydroxyl groups is 2. The zero-order valence-electron chi connectivity index (χ0n) is 23.7. The minimum absolute atomic E-state index is 0.0156. The normalized spacial score (nSPS) is 12.5. The fourth-order valence-electron chi connectivity index (χ4n) is 4.68. The Kier molecular flexibility index (Phi) is 8.07. The van der Waals surface area contributed by atoms with Gasteiger partial charge in [-0.25, -0.2) is 8.42 Å². The second kappa shape index (κ2) is 11.6. The molecule has 12 nitrogen and oxygen atoms in total. The van der Waals surface area contributed by atoms with E-state index in [0.717, 1.165) is 6.07 Å². The number of fused-ring (bicyclic) bond motifs is 2. The Morgan fingerprint density at radius 1 is 0.750 bits per heavy atom. The third-order valence-electron chi connectivity index (χ3n) is 7.06. The summed E-state index contributed by atoms with van der Waals surface area (Å²) in [5.41, 5.74) is 2.11. The third kappa shape index (κ3) is 5.69. The minimum atomic E-state index is -4.63. The zero-order chi connectivity index (χ0) is 31.8. The van der Waals surface area contributed by atoms with Gasteiger partial charge in [0.2, 0.25) is 0 Å². The van der Waals surface area contributed by atoms with Crippen LogP contribution in [0.15, 0.2) is 103 Å². The highest BCUT2D eigenvalue weighted by atomic mass is 32.2. The molecule has 0 fully saturated rings. The van der Waals surface area contributed by atoms with Crippen LogP contribution in [0, 0.1) is 6.92 Å². The van der Waals surface area contributed by atoms with Crippen LogP contribution in [0.25, 0.3) is 21.5 Å². The largest absolute Gasteiger partial charge is 0.505 e. The molecule has 0 saturated carbocycles. The molecule has 5 aromatic rings. The molecule has 0 atom stereocenters. The van der Waals surface area contributed by atoms with Crippen LogP contribution in [0.3, 0.4) is 0 Å². The number of nitrogens with zero attached hydrogens (tertiary/aromatic N) is 4. The third-order valence-corrected chi connectivity index (χ3v) is 9.69. The fraction of sp³-hybridized carbons (Fsp3) is 0.133. The van der Waals surface area contributed by atoms with Crippen LogP contribution in [-0.4, -0.2) is 44.4 Å². The van der Waals surface area contributed by atoms with Crippen molar-refractivity contribution in [3.63, 3.8) is 0 Å². The van der Waals surface area contributed by atoms with Crippen molar-refractivity contribution >= 4 is 69.9 Å². The molecule has 4 N–H and O–H groups in total. The zero-order valence-corrected chi connectivity index (χ0v) is 25.3. The minimum Gasteiger partial charge on any atom is -0.505 e. The number of benzene rings is 5. The number of phenols is 2. The molecule has 0 aromatic heterocycles. The molecule has 44 heavy (non-hydrogen) atoms. The van der Waals surface area contributed by atoms with Gasteiger partial charge in [0.25, 0.3) is 10.1 Å². The van der Waals surface area contributed by atoms with Gasteiger partial charge in [0, 0.05) is 23.2 Å². The average molecular weight is 634 g/mol.